The summed E-state index contributed by atoms with van der Waals surface area (Å²) in [4.78, 5) is 17.2. The summed E-state index contributed by atoms with van der Waals surface area (Å²) in [5.74, 6) is -0.137. The van der Waals surface area contributed by atoms with Crippen LogP contribution < -0.4 is 5.32 Å². The molecule has 5 nitrogen and oxygen atoms in total. The van der Waals surface area contributed by atoms with E-state index >= 15 is 0 Å². The van der Waals surface area contributed by atoms with Gasteiger partial charge in [0.05, 0.1) is 11.7 Å². The molecule has 26 heavy (non-hydrogen) atoms. The lowest BCUT2D eigenvalue weighted by atomic mass is 10.0. The van der Waals surface area contributed by atoms with E-state index in [4.69, 9.17) is 0 Å². The van der Waals surface area contributed by atoms with Crippen LogP contribution in [0.3, 0.4) is 0 Å². The lowest BCUT2D eigenvalue weighted by Crippen LogP contribution is -2.25. The summed E-state index contributed by atoms with van der Waals surface area (Å²) in [7, 11) is 1.92. The molecule has 0 spiro atoms. The number of aromatic nitrogens is 3. The number of unbranched alkanes of at least 4 members (excludes halogenated alkanes) is 2. The molecule has 3 rings (SSSR count). The smallest absolute Gasteiger partial charge is 0.269 e. The van der Waals surface area contributed by atoms with Crippen LogP contribution >= 0.6 is 15.9 Å². The Balaban J connectivity index is 2.07. The Labute approximate surface area is 161 Å². The number of nitrogens with one attached hydrogen (secondary N) is 1. The number of halogens is 1. The van der Waals surface area contributed by atoms with E-state index in [2.05, 4.69) is 38.3 Å². The largest absolute Gasteiger partial charge is 0.351 e. The first kappa shape index (κ1) is 18.6. The second-order valence-corrected chi connectivity index (χ2v) is 7.28. The van der Waals surface area contributed by atoms with Crippen molar-refractivity contribution in [2.24, 2.45) is 7.05 Å². The Morgan fingerprint density at radius 3 is 2.77 bits per heavy atom. The fourth-order valence-corrected chi connectivity index (χ4v) is 3.44. The van der Waals surface area contributed by atoms with Crippen molar-refractivity contribution in [1.29, 1.82) is 0 Å². The van der Waals surface area contributed by atoms with Gasteiger partial charge in [-0.25, -0.2) is 4.98 Å². The first-order chi connectivity index (χ1) is 12.5. The molecule has 3 aromatic rings. The number of pyridine rings is 1. The molecule has 0 saturated carbocycles. The summed E-state index contributed by atoms with van der Waals surface area (Å²) >= 11 is 3.57. The molecule has 0 aliphatic heterocycles. The molecule has 6 heteroatoms. The minimum absolute atomic E-state index is 0.137. The maximum atomic E-state index is 12.6. The van der Waals surface area contributed by atoms with E-state index in [0.717, 1.165) is 51.5 Å². The number of carbonyl (C=O) groups excluding carboxylic acids is 1. The molecule has 1 amide bonds. The highest BCUT2D eigenvalue weighted by Gasteiger charge is 2.17. The van der Waals surface area contributed by atoms with E-state index in [9.17, 15) is 4.79 Å². The Bertz CT molecular complexity index is 948. The van der Waals surface area contributed by atoms with E-state index in [1.54, 1.807) is 0 Å². The van der Waals surface area contributed by atoms with Gasteiger partial charge < -0.3 is 5.32 Å². The van der Waals surface area contributed by atoms with Crippen molar-refractivity contribution in [3.63, 3.8) is 0 Å². The van der Waals surface area contributed by atoms with E-state index in [0.29, 0.717) is 12.2 Å². The van der Waals surface area contributed by atoms with Crippen LogP contribution in [0.5, 0.6) is 0 Å². The molecule has 0 radical (unpaired) electrons. The van der Waals surface area contributed by atoms with Gasteiger partial charge in [-0.05, 0) is 47.0 Å². The summed E-state index contributed by atoms with van der Waals surface area (Å²) in [6.07, 6.45) is 5.06. The Morgan fingerprint density at radius 1 is 1.27 bits per heavy atom. The molecule has 1 N–H and O–H groups in total. The van der Waals surface area contributed by atoms with Crippen LogP contribution in [0.2, 0.25) is 0 Å². The number of carbonyl (C=O) groups is 1. The van der Waals surface area contributed by atoms with E-state index in [-0.39, 0.29) is 5.91 Å². The Morgan fingerprint density at radius 2 is 2.08 bits per heavy atom. The monoisotopic (exact) mass is 414 g/mol. The molecule has 0 saturated heterocycles. The van der Waals surface area contributed by atoms with Crippen molar-refractivity contribution in [3.05, 3.63) is 46.3 Å². The third kappa shape index (κ3) is 3.65. The van der Waals surface area contributed by atoms with Crippen molar-refractivity contribution in [2.45, 2.75) is 33.1 Å². The molecule has 2 aromatic heterocycles. The van der Waals surface area contributed by atoms with E-state index < -0.39 is 0 Å². The molecular weight excluding hydrogens is 392 g/mol. The van der Waals surface area contributed by atoms with Gasteiger partial charge in [-0.2, -0.15) is 5.10 Å². The van der Waals surface area contributed by atoms with Crippen LogP contribution in [0.25, 0.3) is 22.0 Å². The first-order valence-corrected chi connectivity index (χ1v) is 9.68. The number of hydrogen-bond acceptors (Lipinski definition) is 3. The molecule has 0 fully saturated rings. The van der Waals surface area contributed by atoms with E-state index in [1.165, 1.54) is 0 Å². The van der Waals surface area contributed by atoms with Crippen molar-refractivity contribution in [3.8, 4) is 11.1 Å². The van der Waals surface area contributed by atoms with Crippen LogP contribution in [0.1, 0.15) is 42.4 Å². The highest BCUT2D eigenvalue weighted by atomic mass is 79.9. The van der Waals surface area contributed by atoms with Crippen LogP contribution in [0, 0.1) is 6.92 Å². The average molecular weight is 415 g/mol. The number of aryl methyl sites for hydroxylation is 1. The fourth-order valence-electron chi connectivity index (χ4n) is 2.98. The second-order valence-electron chi connectivity index (χ2n) is 6.42. The van der Waals surface area contributed by atoms with Crippen LogP contribution in [-0.2, 0) is 7.05 Å². The molecule has 0 aliphatic carbocycles. The third-order valence-electron chi connectivity index (χ3n) is 4.61. The molecule has 136 valence electrons. The zero-order valence-corrected chi connectivity index (χ0v) is 16.9. The summed E-state index contributed by atoms with van der Waals surface area (Å²) in [5.41, 5.74) is 4.25. The van der Waals surface area contributed by atoms with Crippen molar-refractivity contribution in [2.75, 3.05) is 6.54 Å². The van der Waals surface area contributed by atoms with Gasteiger partial charge in [-0.3, -0.25) is 9.48 Å². The van der Waals surface area contributed by atoms with Gasteiger partial charge in [-0.1, -0.05) is 31.9 Å². The molecule has 0 unspecified atom stereocenters. The second kappa shape index (κ2) is 7.99. The van der Waals surface area contributed by atoms with Crippen LogP contribution in [0.15, 0.2) is 34.9 Å². The van der Waals surface area contributed by atoms with Crippen molar-refractivity contribution >= 4 is 32.7 Å². The van der Waals surface area contributed by atoms with Gasteiger partial charge >= 0.3 is 0 Å². The average Bonchev–Trinajstić information content (AvgIpc) is 2.97. The summed E-state index contributed by atoms with van der Waals surface area (Å²) in [6, 6.07) is 7.82. The maximum Gasteiger partial charge on any atom is 0.269 e. The van der Waals surface area contributed by atoms with Gasteiger partial charge in [0.2, 0.25) is 0 Å². The SMILES string of the molecule is CCCCCNC(=O)c1cc(-c2cnn(C)c2C)c2cccc(Br)c2n1. The van der Waals surface area contributed by atoms with Gasteiger partial charge in [0.25, 0.3) is 5.91 Å². The Hall–Kier alpha value is -2.21. The summed E-state index contributed by atoms with van der Waals surface area (Å²) < 4.78 is 2.71. The molecule has 0 aliphatic rings. The number of para-hydroxylation sites is 1. The number of rotatable bonds is 6. The lowest BCUT2D eigenvalue weighted by Gasteiger charge is -2.11. The number of benzene rings is 1. The first-order valence-electron chi connectivity index (χ1n) is 8.89. The lowest BCUT2D eigenvalue weighted by molar-refractivity contribution is 0.0948. The molecular formula is C20H23BrN4O. The van der Waals surface area contributed by atoms with Crippen molar-refractivity contribution < 1.29 is 4.79 Å². The Kier molecular flexibility index (Phi) is 5.71. The standard InChI is InChI=1S/C20H23BrN4O/c1-4-5-6-10-22-20(26)18-11-15(16-12-23-25(3)13(16)2)14-8-7-9-17(21)19(14)24-18/h7-9,11-12H,4-6,10H2,1-3H3,(H,22,26). The summed E-state index contributed by atoms with van der Waals surface area (Å²) in [6.45, 7) is 4.84. The minimum Gasteiger partial charge on any atom is -0.351 e. The quantitative estimate of drug-likeness (QED) is 0.598. The topological polar surface area (TPSA) is 59.8 Å². The van der Waals surface area contributed by atoms with Crippen LogP contribution in [0.4, 0.5) is 0 Å². The molecule has 1 aromatic carbocycles. The number of fused-ring (bicyclic) bond motifs is 1. The zero-order valence-electron chi connectivity index (χ0n) is 15.3. The fraction of sp³-hybridized carbons (Fsp3) is 0.350. The number of nitrogens with zero attached hydrogens (tertiary/aromatic N) is 3. The third-order valence-corrected chi connectivity index (χ3v) is 5.25. The van der Waals surface area contributed by atoms with Crippen LogP contribution in [-0.4, -0.2) is 27.2 Å². The van der Waals surface area contributed by atoms with Gasteiger partial charge in [0, 0.05) is 34.7 Å². The highest BCUT2D eigenvalue weighted by molar-refractivity contribution is 9.10. The van der Waals surface area contributed by atoms with Gasteiger partial charge in [0.1, 0.15) is 5.69 Å². The zero-order chi connectivity index (χ0) is 18.7. The number of hydrogen-bond donors (Lipinski definition) is 1. The summed E-state index contributed by atoms with van der Waals surface area (Å²) in [5, 5.41) is 8.33. The predicted octanol–water partition coefficient (Wildman–Crippen LogP) is 4.63. The number of amides is 1. The molecule has 0 bridgehead atoms. The van der Waals surface area contributed by atoms with Gasteiger partial charge in [0.15, 0.2) is 0 Å². The molecule has 0 atom stereocenters. The van der Waals surface area contributed by atoms with E-state index in [1.807, 2.05) is 49.1 Å². The highest BCUT2D eigenvalue weighted by Crippen LogP contribution is 2.33. The maximum absolute atomic E-state index is 12.6. The molecule has 2 heterocycles. The predicted molar refractivity (Wildman–Crippen MR) is 108 cm³/mol. The van der Waals surface area contributed by atoms with Crippen molar-refractivity contribution in [1.82, 2.24) is 20.1 Å². The minimum atomic E-state index is -0.137. The van der Waals surface area contributed by atoms with Gasteiger partial charge in [-0.15, -0.1) is 0 Å². The normalized spacial score (nSPS) is 11.1.